The van der Waals surface area contributed by atoms with E-state index >= 15 is 0 Å². The zero-order valence-corrected chi connectivity index (χ0v) is 13.1. The first-order chi connectivity index (χ1) is 8.20. The predicted octanol–water partition coefficient (Wildman–Crippen LogP) is 2.87. The molecule has 0 unspecified atom stereocenters. The first kappa shape index (κ1) is 15.7. The average Bonchev–Trinajstić information content (AvgIpc) is 2.31. The van der Waals surface area contributed by atoms with Crippen LogP contribution < -0.4 is 0 Å². The van der Waals surface area contributed by atoms with E-state index in [-0.39, 0.29) is 44.2 Å². The maximum absolute atomic E-state index is 10.3. The fourth-order valence-electron chi connectivity index (χ4n) is 2.67. The Kier molecular flexibility index (Phi) is 6.30. The van der Waals surface area contributed by atoms with Gasteiger partial charge < -0.3 is 15.0 Å². The van der Waals surface area contributed by atoms with Gasteiger partial charge in [0, 0.05) is 6.07 Å². The zero-order valence-electron chi connectivity index (χ0n) is 10.3. The Morgan fingerprint density at radius 3 is 2.39 bits per heavy atom. The second-order valence-electron chi connectivity index (χ2n) is 4.81. The largest absolute Gasteiger partial charge is 3.00 e. The number of hydrogen-bond acceptors (Lipinski definition) is 3. The van der Waals surface area contributed by atoms with Crippen LogP contribution in [0.5, 0.6) is 11.5 Å². The molecule has 0 radical (unpaired) electrons. The summed E-state index contributed by atoms with van der Waals surface area (Å²) in [7, 11) is 0. The number of phenols is 2. The van der Waals surface area contributed by atoms with Crippen molar-refractivity contribution in [1.29, 1.82) is 0 Å². The standard InChI is InChI=1S/C14H17O3.Y/c15-8-7-10-1-3-11(4-2-10)13-6-5-12(16)9-14(13)17;/h5-6,9-11,16-17H,1-4,7H2;/q-1;+3. The van der Waals surface area contributed by atoms with E-state index in [4.69, 9.17) is 0 Å². The van der Waals surface area contributed by atoms with Gasteiger partial charge in [-0.3, -0.25) is 6.29 Å². The molecule has 0 aromatic heterocycles. The summed E-state index contributed by atoms with van der Waals surface area (Å²) in [6.45, 7) is 0. The number of aromatic hydroxyl groups is 2. The minimum atomic E-state index is 0. The summed E-state index contributed by atoms with van der Waals surface area (Å²) in [4.78, 5) is 10.3. The smallest absolute Gasteiger partial charge is 0.542 e. The third-order valence-corrected chi connectivity index (χ3v) is 3.67. The van der Waals surface area contributed by atoms with Crippen LogP contribution in [0.4, 0.5) is 0 Å². The molecule has 2 rings (SSSR count). The van der Waals surface area contributed by atoms with Crippen LogP contribution >= 0.6 is 0 Å². The molecule has 1 aliphatic carbocycles. The van der Waals surface area contributed by atoms with Gasteiger partial charge in [-0.15, -0.1) is 6.42 Å². The van der Waals surface area contributed by atoms with Gasteiger partial charge >= 0.3 is 32.7 Å². The topological polar surface area (TPSA) is 57.5 Å². The fourth-order valence-corrected chi connectivity index (χ4v) is 2.67. The summed E-state index contributed by atoms with van der Waals surface area (Å²) < 4.78 is 0. The summed E-state index contributed by atoms with van der Waals surface area (Å²) in [5, 5.41) is 19.0. The summed E-state index contributed by atoms with van der Waals surface area (Å²) in [6.07, 6.45) is 6.52. The molecule has 1 aromatic rings. The normalized spacial score (nSPS) is 23.1. The van der Waals surface area contributed by atoms with Gasteiger partial charge in [-0.2, -0.15) is 0 Å². The fraction of sp³-hybridized carbons (Fsp3) is 0.500. The summed E-state index contributed by atoms with van der Waals surface area (Å²) >= 11 is 0. The third-order valence-electron chi connectivity index (χ3n) is 3.67. The van der Waals surface area contributed by atoms with Crippen molar-refractivity contribution in [2.24, 2.45) is 5.92 Å². The van der Waals surface area contributed by atoms with Gasteiger partial charge in [0.2, 0.25) is 0 Å². The summed E-state index contributed by atoms with van der Waals surface area (Å²) in [5.41, 5.74) is 0.913. The van der Waals surface area contributed by atoms with Crippen LogP contribution in [0.3, 0.4) is 0 Å². The van der Waals surface area contributed by atoms with Crippen molar-refractivity contribution in [3.05, 3.63) is 23.8 Å². The summed E-state index contributed by atoms with van der Waals surface area (Å²) in [5.74, 6) is 1.08. The molecule has 1 aliphatic rings. The van der Waals surface area contributed by atoms with Crippen molar-refractivity contribution in [3.8, 4) is 11.5 Å². The Hall–Kier alpha value is -0.406. The Bertz CT molecular complexity index is 398. The van der Waals surface area contributed by atoms with Gasteiger partial charge in [0.25, 0.3) is 0 Å². The molecule has 0 saturated heterocycles. The Labute approximate surface area is 132 Å². The number of hydrogen-bond donors (Lipinski definition) is 2. The maximum Gasteiger partial charge on any atom is 3.00 e. The Morgan fingerprint density at radius 2 is 1.83 bits per heavy atom. The van der Waals surface area contributed by atoms with Crippen LogP contribution in [0.25, 0.3) is 0 Å². The molecule has 0 amide bonds. The Morgan fingerprint density at radius 1 is 1.17 bits per heavy atom. The molecule has 1 saturated carbocycles. The van der Waals surface area contributed by atoms with Gasteiger partial charge in [0.1, 0.15) is 11.5 Å². The van der Waals surface area contributed by atoms with Crippen LogP contribution in [0.1, 0.15) is 43.6 Å². The minimum Gasteiger partial charge on any atom is -0.542 e. The van der Waals surface area contributed by atoms with Gasteiger partial charge in [0.05, 0.1) is 0 Å². The monoisotopic (exact) mass is 322 g/mol. The van der Waals surface area contributed by atoms with E-state index in [1.54, 1.807) is 12.1 Å². The van der Waals surface area contributed by atoms with Crippen molar-refractivity contribution < 1.29 is 47.7 Å². The molecule has 92 valence electrons. The van der Waals surface area contributed by atoms with E-state index in [2.05, 4.69) is 0 Å². The van der Waals surface area contributed by atoms with E-state index < -0.39 is 0 Å². The number of carbonyl (C=O) groups excluding carboxylic acids is 1. The molecule has 1 fully saturated rings. The Balaban J connectivity index is 0.00000162. The zero-order chi connectivity index (χ0) is 12.3. The van der Waals surface area contributed by atoms with Gasteiger partial charge in [-0.25, -0.2) is 0 Å². The number of benzene rings is 1. The van der Waals surface area contributed by atoms with E-state index in [1.807, 2.05) is 6.29 Å². The quantitative estimate of drug-likeness (QED) is 0.842. The molecule has 4 heteroatoms. The van der Waals surface area contributed by atoms with Gasteiger partial charge in [-0.05, 0) is 30.4 Å². The average molecular weight is 322 g/mol. The minimum absolute atomic E-state index is 0. The van der Waals surface area contributed by atoms with Crippen molar-refractivity contribution >= 4 is 6.29 Å². The molecule has 0 bridgehead atoms. The van der Waals surface area contributed by atoms with Crippen LogP contribution in [-0.2, 0) is 37.5 Å². The molecule has 0 atom stereocenters. The van der Waals surface area contributed by atoms with Crippen LogP contribution in [-0.4, -0.2) is 16.5 Å². The molecule has 0 spiro atoms. The molecule has 0 aliphatic heterocycles. The van der Waals surface area contributed by atoms with Gasteiger partial charge in [0.15, 0.2) is 0 Å². The second-order valence-corrected chi connectivity index (χ2v) is 4.81. The number of rotatable bonds is 3. The van der Waals surface area contributed by atoms with Crippen LogP contribution in [0.15, 0.2) is 18.2 Å². The van der Waals surface area contributed by atoms with Crippen molar-refractivity contribution in [2.45, 2.75) is 38.0 Å². The SMILES string of the molecule is O=[C-]CC1CCC(c2ccc(O)cc2O)CC1.[Y+3]. The van der Waals surface area contributed by atoms with E-state index in [0.717, 1.165) is 31.2 Å². The maximum atomic E-state index is 10.3. The first-order valence-corrected chi connectivity index (χ1v) is 6.07. The molecule has 1 aromatic carbocycles. The molecule has 3 nitrogen and oxygen atoms in total. The van der Waals surface area contributed by atoms with Gasteiger partial charge in [-0.1, -0.05) is 24.8 Å². The molecule has 0 heterocycles. The van der Waals surface area contributed by atoms with E-state index in [1.165, 1.54) is 6.07 Å². The van der Waals surface area contributed by atoms with Crippen molar-refractivity contribution in [2.75, 3.05) is 0 Å². The van der Waals surface area contributed by atoms with Crippen LogP contribution in [0, 0.1) is 5.92 Å². The van der Waals surface area contributed by atoms with Crippen molar-refractivity contribution in [3.63, 3.8) is 0 Å². The first-order valence-electron chi connectivity index (χ1n) is 6.07. The summed E-state index contributed by atoms with van der Waals surface area (Å²) in [6, 6.07) is 4.79. The van der Waals surface area contributed by atoms with Crippen LogP contribution in [0.2, 0.25) is 0 Å². The molecule has 18 heavy (non-hydrogen) atoms. The number of phenolic OH excluding ortho intramolecular Hbond substituents is 2. The third kappa shape index (κ3) is 3.79. The van der Waals surface area contributed by atoms with Crippen molar-refractivity contribution in [1.82, 2.24) is 0 Å². The molecular formula is C14H17O3Y+2. The second kappa shape index (κ2) is 7.25. The molecular weight excluding hydrogens is 305 g/mol. The van der Waals surface area contributed by atoms with E-state index in [0.29, 0.717) is 18.3 Å². The van der Waals surface area contributed by atoms with E-state index in [9.17, 15) is 15.0 Å². The molecule has 2 N–H and O–H groups in total. The predicted molar refractivity (Wildman–Crippen MR) is 64.8 cm³/mol.